The van der Waals surface area contributed by atoms with Crippen molar-refractivity contribution in [2.45, 2.75) is 32.7 Å². The lowest BCUT2D eigenvalue weighted by atomic mass is 10.1. The van der Waals surface area contributed by atoms with Crippen LogP contribution in [0.25, 0.3) is 0 Å². The smallest absolute Gasteiger partial charge is 0.279 e. The molecule has 3 N–H and O–H groups in total. The third-order valence-electron chi connectivity index (χ3n) is 3.66. The van der Waals surface area contributed by atoms with Gasteiger partial charge in [-0.1, -0.05) is 6.07 Å². The molecule has 1 atom stereocenters. The molecule has 0 aromatic heterocycles. The Bertz CT molecular complexity index is 538. The fourth-order valence-corrected chi connectivity index (χ4v) is 2.14. The van der Waals surface area contributed by atoms with E-state index in [9.17, 15) is 9.59 Å². The van der Waals surface area contributed by atoms with E-state index in [1.54, 1.807) is 0 Å². The third kappa shape index (κ3) is 5.19. The summed E-state index contributed by atoms with van der Waals surface area (Å²) < 4.78 is 0. The van der Waals surface area contributed by atoms with E-state index in [0.29, 0.717) is 12.6 Å². The van der Waals surface area contributed by atoms with Gasteiger partial charge in [-0.15, -0.1) is 0 Å². The molecule has 1 aliphatic carbocycles. The van der Waals surface area contributed by atoms with E-state index in [0.717, 1.165) is 29.0 Å². The van der Waals surface area contributed by atoms with Crippen molar-refractivity contribution < 1.29 is 14.5 Å². The van der Waals surface area contributed by atoms with E-state index < -0.39 is 0 Å². The first-order valence-electron chi connectivity index (χ1n) is 7.42. The molecule has 1 aromatic rings. The van der Waals surface area contributed by atoms with Crippen LogP contribution in [0.2, 0.25) is 0 Å². The minimum absolute atomic E-state index is 0.0222. The summed E-state index contributed by atoms with van der Waals surface area (Å²) >= 11 is 0. The zero-order valence-electron chi connectivity index (χ0n) is 13.0. The zero-order valence-corrected chi connectivity index (χ0v) is 13.0. The van der Waals surface area contributed by atoms with Gasteiger partial charge in [-0.3, -0.25) is 9.59 Å². The van der Waals surface area contributed by atoms with Crippen LogP contribution >= 0.6 is 0 Å². The number of hydrogen-bond donors (Lipinski definition) is 3. The Morgan fingerprint density at radius 1 is 1.14 bits per heavy atom. The average molecular weight is 290 g/mol. The van der Waals surface area contributed by atoms with Crippen molar-refractivity contribution in [1.82, 2.24) is 5.32 Å². The molecule has 1 saturated carbocycles. The molecule has 0 bridgehead atoms. The predicted octanol–water partition coefficient (Wildman–Crippen LogP) is 0.0352. The molecule has 0 heterocycles. The number of anilines is 1. The summed E-state index contributed by atoms with van der Waals surface area (Å²) in [5.74, 6) is -0.0519. The van der Waals surface area contributed by atoms with Crippen LogP contribution in [0.5, 0.6) is 0 Å². The van der Waals surface area contributed by atoms with Gasteiger partial charge >= 0.3 is 0 Å². The second-order valence-electron chi connectivity index (χ2n) is 6.00. The van der Waals surface area contributed by atoms with Crippen LogP contribution in [0, 0.1) is 13.8 Å². The number of likely N-dealkylation sites (N-methyl/N-ethyl adjacent to an activating group) is 1. The molecule has 1 unspecified atom stereocenters. The second-order valence-corrected chi connectivity index (χ2v) is 6.00. The van der Waals surface area contributed by atoms with Gasteiger partial charge in [0.05, 0.1) is 7.05 Å². The molecule has 114 valence electrons. The molecule has 1 fully saturated rings. The molecular weight excluding hydrogens is 266 g/mol. The van der Waals surface area contributed by atoms with Crippen LogP contribution in [0.1, 0.15) is 24.0 Å². The number of nitrogens with one attached hydrogen (secondary N) is 3. The molecule has 0 saturated heterocycles. The zero-order chi connectivity index (χ0) is 15.4. The normalized spacial score (nSPS) is 15.4. The molecule has 5 nitrogen and oxygen atoms in total. The van der Waals surface area contributed by atoms with E-state index in [4.69, 9.17) is 0 Å². The van der Waals surface area contributed by atoms with E-state index in [-0.39, 0.29) is 18.4 Å². The van der Waals surface area contributed by atoms with Crippen LogP contribution in [-0.2, 0) is 9.59 Å². The summed E-state index contributed by atoms with van der Waals surface area (Å²) in [7, 11) is 1.85. The number of rotatable bonds is 6. The third-order valence-corrected chi connectivity index (χ3v) is 3.66. The average Bonchev–Trinajstić information content (AvgIpc) is 3.17. The predicted molar refractivity (Wildman–Crippen MR) is 82.3 cm³/mol. The highest BCUT2D eigenvalue weighted by atomic mass is 16.2. The lowest BCUT2D eigenvalue weighted by Gasteiger charge is -2.14. The first kappa shape index (κ1) is 15.5. The Hall–Kier alpha value is -1.88. The van der Waals surface area contributed by atoms with Crippen molar-refractivity contribution in [1.29, 1.82) is 0 Å². The molecule has 0 aliphatic heterocycles. The van der Waals surface area contributed by atoms with E-state index in [1.165, 1.54) is 5.56 Å². The maximum atomic E-state index is 12.0. The summed E-state index contributed by atoms with van der Waals surface area (Å²) in [6.07, 6.45) is 2.16. The summed E-state index contributed by atoms with van der Waals surface area (Å²) in [6, 6.07) is 6.22. The highest BCUT2D eigenvalue weighted by Gasteiger charge is 2.24. The lowest BCUT2D eigenvalue weighted by Crippen LogP contribution is -3.11. The van der Waals surface area contributed by atoms with Crippen molar-refractivity contribution >= 4 is 17.5 Å². The summed E-state index contributed by atoms with van der Waals surface area (Å²) in [5.41, 5.74) is 3.16. The highest BCUT2D eigenvalue weighted by Crippen LogP contribution is 2.18. The lowest BCUT2D eigenvalue weighted by molar-refractivity contribution is -0.862. The number of amides is 2. The number of benzene rings is 1. The van der Waals surface area contributed by atoms with Gasteiger partial charge in [0.2, 0.25) is 0 Å². The van der Waals surface area contributed by atoms with E-state index >= 15 is 0 Å². The molecular formula is C16H24N3O2+. The van der Waals surface area contributed by atoms with Crippen molar-refractivity contribution in [3.63, 3.8) is 0 Å². The Morgan fingerprint density at radius 2 is 1.81 bits per heavy atom. The van der Waals surface area contributed by atoms with Gasteiger partial charge in [-0.05, 0) is 49.9 Å². The molecule has 2 amide bonds. The van der Waals surface area contributed by atoms with Crippen molar-refractivity contribution in [3.8, 4) is 0 Å². The summed E-state index contributed by atoms with van der Waals surface area (Å²) in [4.78, 5) is 24.5. The number of hydrogen-bond acceptors (Lipinski definition) is 2. The van der Waals surface area contributed by atoms with Gasteiger partial charge < -0.3 is 15.5 Å². The van der Waals surface area contributed by atoms with Crippen LogP contribution in [-0.4, -0.2) is 38.0 Å². The Balaban J connectivity index is 1.77. The molecule has 0 radical (unpaired) electrons. The van der Waals surface area contributed by atoms with Gasteiger partial charge in [-0.25, -0.2) is 0 Å². The first-order valence-corrected chi connectivity index (χ1v) is 7.42. The van der Waals surface area contributed by atoms with Gasteiger partial charge in [-0.2, -0.15) is 0 Å². The Kier molecular flexibility index (Phi) is 4.96. The fraction of sp³-hybridized carbons (Fsp3) is 0.500. The topological polar surface area (TPSA) is 62.6 Å². The number of aryl methyl sites for hydroxylation is 2. The van der Waals surface area contributed by atoms with Crippen LogP contribution in [0.4, 0.5) is 5.69 Å². The molecule has 2 rings (SSSR count). The van der Waals surface area contributed by atoms with Gasteiger partial charge in [0.1, 0.15) is 0 Å². The summed E-state index contributed by atoms with van der Waals surface area (Å²) in [5, 5.41) is 5.81. The van der Waals surface area contributed by atoms with E-state index in [2.05, 4.69) is 10.6 Å². The van der Waals surface area contributed by atoms with Gasteiger partial charge in [0.15, 0.2) is 13.1 Å². The van der Waals surface area contributed by atoms with Crippen molar-refractivity contribution in [3.05, 3.63) is 29.3 Å². The molecule has 1 aliphatic rings. The Labute approximate surface area is 125 Å². The maximum Gasteiger partial charge on any atom is 0.279 e. The van der Waals surface area contributed by atoms with Crippen LogP contribution in [0.3, 0.4) is 0 Å². The fourth-order valence-electron chi connectivity index (χ4n) is 2.14. The van der Waals surface area contributed by atoms with Gasteiger partial charge in [0.25, 0.3) is 11.8 Å². The maximum absolute atomic E-state index is 12.0. The minimum Gasteiger partial charge on any atom is -0.348 e. The van der Waals surface area contributed by atoms with Gasteiger partial charge in [0, 0.05) is 11.7 Å². The molecule has 5 heteroatoms. The minimum atomic E-state index is -0.0741. The van der Waals surface area contributed by atoms with Crippen LogP contribution in [0.15, 0.2) is 18.2 Å². The molecule has 0 spiro atoms. The van der Waals surface area contributed by atoms with Crippen LogP contribution < -0.4 is 15.5 Å². The van der Waals surface area contributed by atoms with Crippen molar-refractivity contribution in [2.24, 2.45) is 0 Å². The first-order chi connectivity index (χ1) is 9.94. The molecule has 1 aromatic carbocycles. The van der Waals surface area contributed by atoms with E-state index in [1.807, 2.05) is 39.1 Å². The van der Waals surface area contributed by atoms with Crippen molar-refractivity contribution in [2.75, 3.05) is 25.5 Å². The summed E-state index contributed by atoms with van der Waals surface area (Å²) in [6.45, 7) is 4.67. The monoisotopic (exact) mass is 290 g/mol. The largest absolute Gasteiger partial charge is 0.348 e. The molecule has 21 heavy (non-hydrogen) atoms. The Morgan fingerprint density at radius 3 is 2.43 bits per heavy atom. The standard InChI is InChI=1S/C16H23N3O2/c1-11-4-5-14(8-12(11)2)18-16(21)10-19(3)9-15(20)17-13-6-7-13/h4-5,8,13H,6-7,9-10H2,1-3H3,(H,17,20)(H,18,21)/p+1. The number of carbonyl (C=O) groups excluding carboxylic acids is 2. The number of carbonyl (C=O) groups is 2. The second kappa shape index (κ2) is 6.72. The SMILES string of the molecule is Cc1ccc(NC(=O)C[NH+](C)CC(=O)NC2CC2)cc1C. The quantitative estimate of drug-likeness (QED) is 0.692. The highest BCUT2D eigenvalue weighted by molar-refractivity contribution is 5.91. The number of quaternary nitrogens is 1.